The third-order valence-corrected chi connectivity index (χ3v) is 4.60. The Bertz CT molecular complexity index is 131. The van der Waals surface area contributed by atoms with E-state index in [1.54, 1.807) is 0 Å². The van der Waals surface area contributed by atoms with Gasteiger partial charge in [-0.1, -0.05) is 0 Å². The van der Waals surface area contributed by atoms with Gasteiger partial charge in [0.1, 0.15) is 0 Å². The third-order valence-electron chi connectivity index (χ3n) is 1.73. The maximum atomic E-state index is 5.20. The second-order valence-electron chi connectivity index (χ2n) is 2.41. The summed E-state index contributed by atoms with van der Waals surface area (Å²) in [6.45, 7) is 8.09. The van der Waals surface area contributed by atoms with Crippen molar-refractivity contribution in [1.82, 2.24) is 0 Å². The minimum absolute atomic E-state index is 0.520. The quantitative estimate of drug-likeness (QED) is 0.399. The molecule has 2 atom stereocenters. The van der Waals surface area contributed by atoms with Crippen LogP contribution in [0.25, 0.3) is 0 Å². The van der Waals surface area contributed by atoms with Crippen LogP contribution in [0.15, 0.2) is 12.7 Å². The first-order valence-corrected chi connectivity index (χ1v) is 6.31. The predicted octanol–water partition coefficient (Wildman–Crippen LogP) is 2.52. The molecule has 0 aliphatic carbocycles. The van der Waals surface area contributed by atoms with Crippen molar-refractivity contribution in [2.75, 3.05) is 0 Å². The van der Waals surface area contributed by atoms with Crippen molar-refractivity contribution in [3.63, 3.8) is 0 Å². The van der Waals surface area contributed by atoms with Crippen LogP contribution in [-0.4, -0.2) is 18.7 Å². The van der Waals surface area contributed by atoms with E-state index in [9.17, 15) is 0 Å². The Balaban J connectivity index is 3.93. The first kappa shape index (κ1) is 10.3. The summed E-state index contributed by atoms with van der Waals surface area (Å²) in [7, 11) is 0. The molecule has 0 aromatic carbocycles. The molecule has 0 bridgehead atoms. The zero-order valence-corrected chi connectivity index (χ0v) is 9.29. The van der Waals surface area contributed by atoms with Gasteiger partial charge in [-0.05, 0) is 0 Å². The van der Waals surface area contributed by atoms with Gasteiger partial charge in [0.2, 0.25) is 0 Å². The van der Waals surface area contributed by atoms with Crippen molar-refractivity contribution in [3.05, 3.63) is 12.7 Å². The minimum atomic E-state index is 0.520. The normalized spacial score (nSPS) is 15.9. The van der Waals surface area contributed by atoms with Gasteiger partial charge in [0.15, 0.2) is 0 Å². The van der Waals surface area contributed by atoms with Gasteiger partial charge in [-0.15, -0.1) is 0 Å². The molecular weight excluding hydrogens is 207 g/mol. The van der Waals surface area contributed by atoms with Gasteiger partial charge in [0.25, 0.3) is 0 Å². The summed E-state index contributed by atoms with van der Waals surface area (Å²) in [6, 6.07) is 0. The van der Waals surface area contributed by atoms with E-state index in [1.165, 1.54) is 3.76 Å². The molecule has 10 heavy (non-hydrogen) atoms. The molecule has 0 unspecified atom stereocenters. The van der Waals surface area contributed by atoms with Gasteiger partial charge in [-0.25, -0.2) is 0 Å². The second-order valence-corrected chi connectivity index (χ2v) is 5.21. The molecule has 0 saturated heterocycles. The molecule has 2 heteroatoms. The van der Waals surface area contributed by atoms with Crippen molar-refractivity contribution >= 4 is 30.9 Å². The molecular formula is C8H14SSe. The summed E-state index contributed by atoms with van der Waals surface area (Å²) in [4.78, 5) is 0. The number of hydrogen-bond acceptors (Lipinski definition) is 1. The molecule has 0 aliphatic rings. The number of thiocarbonyl (C=S) groups is 1. The van der Waals surface area contributed by atoms with Gasteiger partial charge in [0.05, 0.1) is 0 Å². The zero-order chi connectivity index (χ0) is 8.15. The van der Waals surface area contributed by atoms with Gasteiger partial charge in [-0.2, -0.15) is 0 Å². The Kier molecular flexibility index (Phi) is 5.24. The fraction of sp³-hybridized carbons (Fsp3) is 0.625. The fourth-order valence-electron chi connectivity index (χ4n) is 0.605. The summed E-state index contributed by atoms with van der Waals surface area (Å²) in [6.07, 6.45) is 1.97. The molecule has 0 heterocycles. The van der Waals surface area contributed by atoms with Crippen LogP contribution in [-0.2, 0) is 0 Å². The van der Waals surface area contributed by atoms with Crippen molar-refractivity contribution in [3.8, 4) is 0 Å². The summed E-state index contributed by atoms with van der Waals surface area (Å²) < 4.78 is 1.22. The van der Waals surface area contributed by atoms with Gasteiger partial charge in [-0.3, -0.25) is 0 Å². The van der Waals surface area contributed by atoms with Crippen molar-refractivity contribution in [2.45, 2.75) is 19.7 Å². The van der Waals surface area contributed by atoms with E-state index >= 15 is 0 Å². The van der Waals surface area contributed by atoms with E-state index < -0.39 is 0 Å². The topological polar surface area (TPSA) is 0 Å². The van der Waals surface area contributed by atoms with E-state index in [4.69, 9.17) is 12.2 Å². The zero-order valence-electron chi connectivity index (χ0n) is 6.76. The molecule has 0 aliphatic heterocycles. The van der Waals surface area contributed by atoms with Gasteiger partial charge < -0.3 is 0 Å². The molecule has 0 spiro atoms. The van der Waals surface area contributed by atoms with E-state index in [2.05, 4.69) is 26.2 Å². The SMILES string of the molecule is C=C[C@H](C)[C@@H](C)C(=S)[Se]C. The molecule has 0 fully saturated rings. The number of allylic oxidation sites excluding steroid dienone is 1. The molecule has 0 rings (SSSR count). The summed E-state index contributed by atoms with van der Waals surface area (Å²) in [5.41, 5.74) is 0. The molecule has 0 radical (unpaired) electrons. The number of hydrogen-bond donors (Lipinski definition) is 0. The average Bonchev–Trinajstić information content (AvgIpc) is 2.00. The monoisotopic (exact) mass is 222 g/mol. The van der Waals surface area contributed by atoms with Crippen LogP contribution in [0.2, 0.25) is 5.82 Å². The summed E-state index contributed by atoms with van der Waals surface area (Å²) >= 11 is 5.72. The fourth-order valence-corrected chi connectivity index (χ4v) is 2.05. The van der Waals surface area contributed by atoms with Crippen LogP contribution < -0.4 is 0 Å². The van der Waals surface area contributed by atoms with Gasteiger partial charge in [0, 0.05) is 0 Å². The van der Waals surface area contributed by atoms with E-state index in [-0.39, 0.29) is 0 Å². The summed E-state index contributed by atoms with van der Waals surface area (Å²) in [5, 5.41) is 0. The first-order valence-electron chi connectivity index (χ1n) is 3.33. The Morgan fingerprint density at radius 1 is 1.60 bits per heavy atom. The van der Waals surface area contributed by atoms with E-state index in [0.717, 1.165) is 0 Å². The number of rotatable bonds is 4. The molecule has 0 saturated carbocycles. The van der Waals surface area contributed by atoms with Crippen LogP contribution in [0.5, 0.6) is 0 Å². The Hall–Kier alpha value is 0.349. The third kappa shape index (κ3) is 2.96. The van der Waals surface area contributed by atoms with Crippen LogP contribution in [0, 0.1) is 11.8 Å². The Morgan fingerprint density at radius 2 is 2.10 bits per heavy atom. The van der Waals surface area contributed by atoms with Crippen molar-refractivity contribution in [1.29, 1.82) is 0 Å². The molecule has 0 amide bonds. The standard InChI is InChI=1S/C8H14SSe/c1-5-6(2)7(3)8(9)10-4/h5-7H,1H2,2-4H3/t6-,7+/m0/s1. The molecule has 0 nitrogen and oxygen atoms in total. The van der Waals surface area contributed by atoms with Crippen molar-refractivity contribution < 1.29 is 0 Å². The molecule has 0 aromatic heterocycles. The van der Waals surface area contributed by atoms with Gasteiger partial charge >= 0.3 is 75.1 Å². The Labute approximate surface area is 75.2 Å². The predicted molar refractivity (Wildman–Crippen MR) is 52.7 cm³/mol. The Morgan fingerprint density at radius 3 is 2.40 bits per heavy atom. The van der Waals surface area contributed by atoms with Crippen LogP contribution in [0.3, 0.4) is 0 Å². The van der Waals surface area contributed by atoms with Crippen molar-refractivity contribution in [2.24, 2.45) is 11.8 Å². The average molecular weight is 221 g/mol. The van der Waals surface area contributed by atoms with Crippen LogP contribution in [0.4, 0.5) is 0 Å². The van der Waals surface area contributed by atoms with Crippen LogP contribution in [0.1, 0.15) is 13.8 Å². The van der Waals surface area contributed by atoms with Crippen LogP contribution >= 0.6 is 12.2 Å². The molecule has 58 valence electrons. The van der Waals surface area contributed by atoms with E-state index in [1.807, 2.05) is 6.08 Å². The van der Waals surface area contributed by atoms with E-state index in [0.29, 0.717) is 26.8 Å². The summed E-state index contributed by atoms with van der Waals surface area (Å²) in [5.74, 6) is 3.24. The molecule has 0 N–H and O–H groups in total. The first-order chi connectivity index (χ1) is 4.63. The second kappa shape index (κ2) is 5.06. The molecule has 0 aromatic rings. The maximum absolute atomic E-state index is 5.20.